The van der Waals surface area contributed by atoms with Crippen LogP contribution in [-0.4, -0.2) is 47.7 Å². The van der Waals surface area contributed by atoms with E-state index in [0.717, 1.165) is 25.7 Å². The van der Waals surface area contributed by atoms with E-state index in [0.29, 0.717) is 60.1 Å². The molecule has 0 unspecified atom stereocenters. The number of rotatable bonds is 13. The van der Waals surface area contributed by atoms with E-state index in [9.17, 15) is 9.59 Å². The highest BCUT2D eigenvalue weighted by Crippen LogP contribution is 2.32. The number of nitrogens with zero attached hydrogens (tertiary/aromatic N) is 2. The summed E-state index contributed by atoms with van der Waals surface area (Å²) in [5.41, 5.74) is 4.64. The molecule has 33 heavy (non-hydrogen) atoms. The number of nitrogens with two attached hydrogens (primary N) is 1. The second-order valence-electron chi connectivity index (χ2n) is 8.72. The molecule has 1 aromatic rings. The quantitative estimate of drug-likeness (QED) is 0.253. The Morgan fingerprint density at radius 3 is 2.94 bits per heavy atom. The first kappa shape index (κ1) is 25.3. The zero-order valence-electron chi connectivity index (χ0n) is 19.6. The molecule has 10 heteroatoms. The Balaban J connectivity index is 1.69. The summed E-state index contributed by atoms with van der Waals surface area (Å²) >= 11 is 1.47. The number of ether oxygens (including phenoxy) is 1. The van der Waals surface area contributed by atoms with Gasteiger partial charge in [-0.3, -0.25) is 9.79 Å². The average Bonchev–Trinajstić information content (AvgIpc) is 3.53. The Kier molecular flexibility index (Phi) is 8.96. The molecule has 1 fully saturated rings. The van der Waals surface area contributed by atoms with Gasteiger partial charge >= 0.3 is 5.63 Å². The van der Waals surface area contributed by atoms with Crippen LogP contribution in [0.25, 0.3) is 0 Å². The number of nitrogens with one attached hydrogen (secondary N) is 1. The van der Waals surface area contributed by atoms with Crippen LogP contribution in [0.1, 0.15) is 64.7 Å². The van der Waals surface area contributed by atoms with E-state index in [-0.39, 0.29) is 5.91 Å². The van der Waals surface area contributed by atoms with Gasteiger partial charge in [0, 0.05) is 11.8 Å². The van der Waals surface area contributed by atoms with Crippen LogP contribution in [0, 0.1) is 5.92 Å². The predicted octanol–water partition coefficient (Wildman–Crippen LogP) is 3.03. The molecule has 1 saturated carbocycles. The normalized spacial score (nSPS) is 21.5. The molecular formula is C23H34N4O5S. The lowest BCUT2D eigenvalue weighted by molar-refractivity contribution is -0.125. The third-order valence-electron chi connectivity index (χ3n) is 5.45. The van der Waals surface area contributed by atoms with Crippen LogP contribution in [0.4, 0.5) is 0 Å². The first-order valence-electron chi connectivity index (χ1n) is 11.5. The van der Waals surface area contributed by atoms with Gasteiger partial charge in [0.1, 0.15) is 34.4 Å². The smallest absolute Gasteiger partial charge is 0.339 e. The molecule has 9 nitrogen and oxygen atoms in total. The molecule has 182 valence electrons. The Bertz CT molecular complexity index is 943. The standard InChI is InChI=1S/C23H34N4O5S/c1-4-6-18(19-11-17(12-20(28)32-19)30-13-16-7-8-16)25-22(29)23(3)14-33-21(26-23)15(2)27-31-10-5-9-24/h11-12,16,18H,4-10,13-14,24H2,1-3H3,(H,25,29)/b27-15+/t18-,23+/m1/s1. The summed E-state index contributed by atoms with van der Waals surface area (Å²) in [4.78, 5) is 35.2. The van der Waals surface area contributed by atoms with Crippen LogP contribution in [0.2, 0.25) is 0 Å². The lowest BCUT2D eigenvalue weighted by Crippen LogP contribution is -2.45. The van der Waals surface area contributed by atoms with E-state index < -0.39 is 17.2 Å². The Morgan fingerprint density at radius 1 is 1.45 bits per heavy atom. The van der Waals surface area contributed by atoms with E-state index >= 15 is 0 Å². The van der Waals surface area contributed by atoms with Gasteiger partial charge < -0.3 is 25.0 Å². The van der Waals surface area contributed by atoms with Gasteiger partial charge in [-0.25, -0.2) is 4.79 Å². The summed E-state index contributed by atoms with van der Waals surface area (Å²) in [5.74, 6) is 1.70. The lowest BCUT2D eigenvalue weighted by Gasteiger charge is -2.24. The third kappa shape index (κ3) is 7.33. The maximum absolute atomic E-state index is 13.2. The number of aliphatic imine (C=N–C) groups is 1. The molecule has 0 radical (unpaired) electrons. The summed E-state index contributed by atoms with van der Waals surface area (Å²) in [5, 5.41) is 7.78. The van der Waals surface area contributed by atoms with Crippen LogP contribution in [0.5, 0.6) is 5.75 Å². The summed E-state index contributed by atoms with van der Waals surface area (Å²) in [6.45, 7) is 7.18. The fraction of sp³-hybridized carbons (Fsp3) is 0.652. The topological polar surface area (TPSA) is 129 Å². The molecule has 2 aliphatic rings. The fourth-order valence-corrected chi connectivity index (χ4v) is 4.37. The predicted molar refractivity (Wildman–Crippen MR) is 130 cm³/mol. The van der Waals surface area contributed by atoms with Crippen molar-refractivity contribution in [3.05, 3.63) is 28.3 Å². The molecule has 0 saturated heterocycles. The highest BCUT2D eigenvalue weighted by atomic mass is 32.2. The second-order valence-corrected chi connectivity index (χ2v) is 9.68. The molecule has 1 aromatic heterocycles. The average molecular weight is 479 g/mol. The third-order valence-corrected chi connectivity index (χ3v) is 6.82. The zero-order valence-corrected chi connectivity index (χ0v) is 20.4. The monoisotopic (exact) mass is 478 g/mol. The van der Waals surface area contributed by atoms with E-state index in [1.165, 1.54) is 17.8 Å². The van der Waals surface area contributed by atoms with Crippen molar-refractivity contribution in [2.24, 2.45) is 21.8 Å². The largest absolute Gasteiger partial charge is 0.493 e. The van der Waals surface area contributed by atoms with E-state index in [1.54, 1.807) is 19.9 Å². The van der Waals surface area contributed by atoms with Gasteiger partial charge in [-0.1, -0.05) is 18.5 Å². The number of oxime groups is 1. The minimum atomic E-state index is -0.958. The molecule has 1 aliphatic carbocycles. The van der Waals surface area contributed by atoms with Crippen molar-refractivity contribution >= 4 is 28.4 Å². The van der Waals surface area contributed by atoms with Crippen LogP contribution >= 0.6 is 11.8 Å². The highest BCUT2D eigenvalue weighted by molar-refractivity contribution is 8.16. The Hall–Kier alpha value is -2.33. The van der Waals surface area contributed by atoms with Crippen molar-refractivity contribution in [1.29, 1.82) is 0 Å². The molecule has 2 heterocycles. The fourth-order valence-electron chi connectivity index (χ4n) is 3.24. The van der Waals surface area contributed by atoms with Gasteiger partial charge in [0.15, 0.2) is 0 Å². The number of amides is 1. The van der Waals surface area contributed by atoms with Gasteiger partial charge in [-0.15, -0.1) is 11.8 Å². The molecule has 3 rings (SSSR count). The van der Waals surface area contributed by atoms with Crippen molar-refractivity contribution < 1.29 is 18.8 Å². The number of thioether (sulfide) groups is 1. The van der Waals surface area contributed by atoms with Gasteiger partial charge in [0.05, 0.1) is 18.7 Å². The molecule has 0 aromatic carbocycles. The summed E-state index contributed by atoms with van der Waals surface area (Å²) in [6.07, 6.45) is 4.46. The van der Waals surface area contributed by atoms with Gasteiger partial charge in [0.25, 0.3) is 0 Å². The van der Waals surface area contributed by atoms with E-state index in [2.05, 4.69) is 15.5 Å². The molecule has 3 N–H and O–H groups in total. The van der Waals surface area contributed by atoms with Crippen LogP contribution < -0.4 is 21.4 Å². The first-order chi connectivity index (χ1) is 15.8. The van der Waals surface area contributed by atoms with Crippen molar-refractivity contribution in [2.45, 2.75) is 64.5 Å². The Morgan fingerprint density at radius 2 is 2.24 bits per heavy atom. The van der Waals surface area contributed by atoms with Crippen LogP contribution in [0.3, 0.4) is 0 Å². The molecule has 0 bridgehead atoms. The van der Waals surface area contributed by atoms with Gasteiger partial charge in [-0.05, 0) is 52.0 Å². The van der Waals surface area contributed by atoms with Gasteiger partial charge in [0.2, 0.25) is 5.91 Å². The second kappa shape index (κ2) is 11.7. The molecule has 1 amide bonds. The number of hydrogen-bond acceptors (Lipinski definition) is 9. The Labute approximate surface area is 198 Å². The molecule has 0 spiro atoms. The highest BCUT2D eigenvalue weighted by Gasteiger charge is 2.40. The SMILES string of the molecule is CCC[C@@H](NC(=O)[C@]1(C)CSC(/C(C)=N/OCCCN)=N1)c1cc(OCC2CC2)cc(=O)o1. The zero-order chi connectivity index (χ0) is 23.8. The van der Waals surface area contributed by atoms with Gasteiger partial charge in [-0.2, -0.15) is 0 Å². The summed E-state index contributed by atoms with van der Waals surface area (Å²) in [7, 11) is 0. The first-order valence-corrected chi connectivity index (χ1v) is 12.5. The van der Waals surface area contributed by atoms with Crippen LogP contribution in [0.15, 0.2) is 31.5 Å². The maximum Gasteiger partial charge on any atom is 0.339 e. The van der Waals surface area contributed by atoms with Crippen LogP contribution in [-0.2, 0) is 9.63 Å². The summed E-state index contributed by atoms with van der Waals surface area (Å²) < 4.78 is 11.2. The molecule has 2 atom stereocenters. The number of carbonyl (C=O) groups excluding carboxylic acids is 1. The van der Waals surface area contributed by atoms with Crippen molar-refractivity contribution in [1.82, 2.24) is 5.32 Å². The molecule has 1 aliphatic heterocycles. The molecular weight excluding hydrogens is 444 g/mol. The summed E-state index contributed by atoms with van der Waals surface area (Å²) in [6, 6.07) is 2.61. The van der Waals surface area contributed by atoms with E-state index in [4.69, 9.17) is 19.7 Å². The lowest BCUT2D eigenvalue weighted by atomic mass is 10.0. The number of carbonyl (C=O) groups is 1. The van der Waals surface area contributed by atoms with Crippen molar-refractivity contribution in [3.63, 3.8) is 0 Å². The minimum absolute atomic E-state index is 0.229. The maximum atomic E-state index is 13.2. The van der Waals surface area contributed by atoms with Crippen molar-refractivity contribution in [3.8, 4) is 5.75 Å². The minimum Gasteiger partial charge on any atom is -0.493 e. The van der Waals surface area contributed by atoms with Crippen molar-refractivity contribution in [2.75, 3.05) is 25.5 Å². The number of hydrogen-bond donors (Lipinski definition) is 2. The van der Waals surface area contributed by atoms with E-state index in [1.807, 2.05) is 6.92 Å².